The van der Waals surface area contributed by atoms with Crippen molar-refractivity contribution in [3.05, 3.63) is 36.5 Å². The van der Waals surface area contributed by atoms with Crippen molar-refractivity contribution in [2.24, 2.45) is 5.92 Å². The van der Waals surface area contributed by atoms with E-state index in [1.807, 2.05) is 31.2 Å². The molecule has 6 nitrogen and oxygen atoms in total. The Kier molecular flexibility index (Phi) is 11.1. The first kappa shape index (κ1) is 22.6. The molecule has 1 aliphatic rings. The Morgan fingerprint density at radius 3 is 2.69 bits per heavy atom. The molecule has 5 atom stereocenters. The molecule has 1 rings (SSSR count). The van der Waals surface area contributed by atoms with Crippen LogP contribution < -0.4 is 0 Å². The zero-order chi connectivity index (χ0) is 19.4. The number of hydrogen-bond donors (Lipinski definition) is 4. The topological polar surface area (TPSA) is 107 Å². The number of rotatable bonds is 11. The summed E-state index contributed by atoms with van der Waals surface area (Å²) in [7, 11) is 0. The summed E-state index contributed by atoms with van der Waals surface area (Å²) < 4.78 is 5.52. The second-order valence-corrected chi connectivity index (χ2v) is 6.58. The lowest BCUT2D eigenvalue weighted by Gasteiger charge is -2.36. The summed E-state index contributed by atoms with van der Waals surface area (Å²) in [6.45, 7) is 2.02. The standard InChI is InChI=1S/C20H32O6/c1-2-3-6-9-15(21)12-13-18-16(17(22)14-20(25)26-18)10-7-4-5-8-11-19(23)24/h3-4,6-7,12-13,15-18,20-22,25H,2,5,8-11,14H2,1H3,(H,23,24)/b6-3+,7-4+,13-12+/t15-,16-,17+,18-,20-/m0/s1. The Bertz CT molecular complexity index is 485. The van der Waals surface area contributed by atoms with Gasteiger partial charge in [0.15, 0.2) is 6.29 Å². The van der Waals surface area contributed by atoms with Crippen LogP contribution in [0.25, 0.3) is 0 Å². The van der Waals surface area contributed by atoms with Crippen molar-refractivity contribution < 1.29 is 30.0 Å². The predicted octanol–water partition coefficient (Wildman–Crippen LogP) is 2.55. The van der Waals surface area contributed by atoms with Crippen LogP contribution in [0.4, 0.5) is 0 Å². The van der Waals surface area contributed by atoms with Crippen molar-refractivity contribution in [1.29, 1.82) is 0 Å². The molecule has 0 amide bonds. The van der Waals surface area contributed by atoms with Crippen molar-refractivity contribution in [2.75, 3.05) is 0 Å². The van der Waals surface area contributed by atoms with Crippen LogP contribution in [0.2, 0.25) is 0 Å². The molecule has 26 heavy (non-hydrogen) atoms. The van der Waals surface area contributed by atoms with E-state index in [0.717, 1.165) is 6.42 Å². The number of carboxylic acids is 1. The molecule has 148 valence electrons. The fraction of sp³-hybridized carbons (Fsp3) is 0.650. The van der Waals surface area contributed by atoms with Gasteiger partial charge in [-0.2, -0.15) is 0 Å². The Balaban J connectivity index is 2.56. The molecule has 0 unspecified atom stereocenters. The third-order valence-corrected chi connectivity index (χ3v) is 4.31. The molecule has 0 saturated carbocycles. The van der Waals surface area contributed by atoms with E-state index >= 15 is 0 Å². The van der Waals surface area contributed by atoms with Crippen LogP contribution in [0.5, 0.6) is 0 Å². The molecule has 6 heteroatoms. The first-order valence-electron chi connectivity index (χ1n) is 9.33. The monoisotopic (exact) mass is 368 g/mol. The van der Waals surface area contributed by atoms with Crippen molar-refractivity contribution >= 4 is 5.97 Å². The minimum absolute atomic E-state index is 0.140. The van der Waals surface area contributed by atoms with Gasteiger partial charge in [-0.25, -0.2) is 0 Å². The van der Waals surface area contributed by atoms with Crippen molar-refractivity contribution in [3.8, 4) is 0 Å². The van der Waals surface area contributed by atoms with Gasteiger partial charge in [0, 0.05) is 18.8 Å². The van der Waals surface area contributed by atoms with E-state index in [2.05, 4.69) is 0 Å². The number of carboxylic acid groups (broad SMARTS) is 1. The SMILES string of the molecule is CC/C=C/C[C@H](O)/C=C/[C@@H]1O[C@H](O)C[C@@H](O)[C@@H]1C/C=C/CCCC(=O)O. The number of aliphatic carboxylic acids is 1. The van der Waals surface area contributed by atoms with Crippen LogP contribution in [-0.2, 0) is 9.53 Å². The molecule has 0 spiro atoms. The zero-order valence-corrected chi connectivity index (χ0v) is 15.4. The van der Waals surface area contributed by atoms with E-state index in [-0.39, 0.29) is 18.8 Å². The Hall–Kier alpha value is -1.47. The van der Waals surface area contributed by atoms with Gasteiger partial charge in [-0.15, -0.1) is 0 Å². The molecule has 0 aliphatic carbocycles. The van der Waals surface area contributed by atoms with Crippen LogP contribution in [0, 0.1) is 5.92 Å². The summed E-state index contributed by atoms with van der Waals surface area (Å²) in [4.78, 5) is 10.5. The number of carbonyl (C=O) groups is 1. The van der Waals surface area contributed by atoms with Crippen LogP contribution in [0.1, 0.15) is 51.9 Å². The number of aliphatic hydroxyl groups excluding tert-OH is 3. The summed E-state index contributed by atoms with van der Waals surface area (Å²) >= 11 is 0. The summed E-state index contributed by atoms with van der Waals surface area (Å²) in [5.74, 6) is -1.02. The first-order valence-corrected chi connectivity index (χ1v) is 9.33. The van der Waals surface area contributed by atoms with E-state index in [1.54, 1.807) is 12.2 Å². The molecular formula is C20H32O6. The zero-order valence-electron chi connectivity index (χ0n) is 15.4. The second kappa shape index (κ2) is 12.8. The summed E-state index contributed by atoms with van der Waals surface area (Å²) in [6, 6.07) is 0. The summed E-state index contributed by atoms with van der Waals surface area (Å²) in [5.41, 5.74) is 0. The number of ether oxygens (including phenoxy) is 1. The third kappa shape index (κ3) is 9.29. The van der Waals surface area contributed by atoms with Crippen molar-refractivity contribution in [1.82, 2.24) is 0 Å². The lowest BCUT2D eigenvalue weighted by Crippen LogP contribution is -2.43. The molecule has 1 heterocycles. The Labute approximate surface area is 155 Å². The molecule has 0 radical (unpaired) electrons. The highest BCUT2D eigenvalue weighted by Crippen LogP contribution is 2.29. The quantitative estimate of drug-likeness (QED) is 0.330. The van der Waals surface area contributed by atoms with Crippen LogP contribution in [-0.4, -0.2) is 51.0 Å². The molecule has 0 aromatic rings. The molecule has 1 fully saturated rings. The minimum Gasteiger partial charge on any atom is -0.481 e. The van der Waals surface area contributed by atoms with E-state index in [4.69, 9.17) is 9.84 Å². The van der Waals surface area contributed by atoms with E-state index in [9.17, 15) is 20.1 Å². The van der Waals surface area contributed by atoms with Gasteiger partial charge in [0.25, 0.3) is 0 Å². The highest BCUT2D eigenvalue weighted by atomic mass is 16.6. The number of hydrogen-bond acceptors (Lipinski definition) is 5. The highest BCUT2D eigenvalue weighted by Gasteiger charge is 2.35. The van der Waals surface area contributed by atoms with Crippen molar-refractivity contribution in [3.63, 3.8) is 0 Å². The molecule has 0 aromatic carbocycles. The largest absolute Gasteiger partial charge is 0.481 e. The van der Waals surface area contributed by atoms with Gasteiger partial charge < -0.3 is 25.2 Å². The van der Waals surface area contributed by atoms with E-state index < -0.39 is 30.6 Å². The van der Waals surface area contributed by atoms with Gasteiger partial charge in [-0.05, 0) is 32.1 Å². The normalized spacial score (nSPS) is 28.3. The number of aliphatic hydroxyl groups is 3. The maximum atomic E-state index is 10.5. The molecule has 1 saturated heterocycles. The van der Waals surface area contributed by atoms with Crippen molar-refractivity contribution in [2.45, 2.75) is 76.5 Å². The summed E-state index contributed by atoms with van der Waals surface area (Å²) in [6.07, 6.45) is 11.8. The minimum atomic E-state index is -1.02. The lowest BCUT2D eigenvalue weighted by atomic mass is 9.87. The average Bonchev–Trinajstić information content (AvgIpc) is 2.57. The molecule has 4 N–H and O–H groups in total. The van der Waals surface area contributed by atoms with Gasteiger partial charge in [0.1, 0.15) is 0 Å². The van der Waals surface area contributed by atoms with Gasteiger partial charge >= 0.3 is 5.97 Å². The van der Waals surface area contributed by atoms with E-state index in [0.29, 0.717) is 25.7 Å². The fourth-order valence-corrected chi connectivity index (χ4v) is 2.88. The first-order chi connectivity index (χ1) is 12.4. The van der Waals surface area contributed by atoms with Gasteiger partial charge in [-0.3, -0.25) is 4.79 Å². The third-order valence-electron chi connectivity index (χ3n) is 4.31. The number of allylic oxidation sites excluding steroid dienone is 3. The lowest BCUT2D eigenvalue weighted by molar-refractivity contribution is -0.199. The van der Waals surface area contributed by atoms with Gasteiger partial charge in [-0.1, -0.05) is 43.4 Å². The van der Waals surface area contributed by atoms with Gasteiger partial charge in [0.05, 0.1) is 18.3 Å². The van der Waals surface area contributed by atoms with Gasteiger partial charge in [0.2, 0.25) is 0 Å². The maximum Gasteiger partial charge on any atom is 0.303 e. The highest BCUT2D eigenvalue weighted by molar-refractivity contribution is 5.66. The predicted molar refractivity (Wildman–Crippen MR) is 99.4 cm³/mol. The number of unbranched alkanes of at least 4 members (excludes halogenated alkanes) is 1. The molecule has 0 bridgehead atoms. The Morgan fingerprint density at radius 2 is 2.00 bits per heavy atom. The van der Waals surface area contributed by atoms with Crippen LogP contribution in [0.3, 0.4) is 0 Å². The molecular weight excluding hydrogens is 336 g/mol. The van der Waals surface area contributed by atoms with Crippen LogP contribution >= 0.6 is 0 Å². The smallest absolute Gasteiger partial charge is 0.303 e. The summed E-state index contributed by atoms with van der Waals surface area (Å²) in [5, 5.41) is 38.6. The fourth-order valence-electron chi connectivity index (χ4n) is 2.88. The van der Waals surface area contributed by atoms with Crippen LogP contribution in [0.15, 0.2) is 36.5 Å². The molecule has 1 aliphatic heterocycles. The second-order valence-electron chi connectivity index (χ2n) is 6.58. The Morgan fingerprint density at radius 1 is 1.23 bits per heavy atom. The molecule has 0 aromatic heterocycles. The maximum absolute atomic E-state index is 10.5. The average molecular weight is 368 g/mol. The van der Waals surface area contributed by atoms with E-state index in [1.165, 1.54) is 0 Å².